The maximum absolute atomic E-state index is 13.0. The molecule has 1 aliphatic carbocycles. The average Bonchev–Trinajstić information content (AvgIpc) is 3.43. The molecule has 2 aliphatic rings. The van der Waals surface area contributed by atoms with Crippen LogP contribution in [0.15, 0.2) is 30.6 Å². The number of likely N-dealkylation sites (N-methyl/N-ethyl adjacent to an activating group) is 1. The van der Waals surface area contributed by atoms with Gasteiger partial charge in [-0.1, -0.05) is 0 Å². The number of aromatic nitrogens is 2. The number of H-pyrrole nitrogens is 1. The number of aryl methyl sites for hydroxylation is 1. The molecule has 5 nitrogen and oxygen atoms in total. The molecule has 1 N–H and O–H groups in total. The first-order valence-electron chi connectivity index (χ1n) is 9.95. The highest BCUT2D eigenvalue weighted by Gasteiger charge is 2.48. The lowest BCUT2D eigenvalue weighted by atomic mass is 9.85. The van der Waals surface area contributed by atoms with Gasteiger partial charge >= 0.3 is 0 Å². The van der Waals surface area contributed by atoms with Crippen LogP contribution in [0, 0.1) is 6.92 Å². The third-order valence-corrected chi connectivity index (χ3v) is 6.68. The zero-order valence-corrected chi connectivity index (χ0v) is 17.0. The molecule has 3 aromatic rings. The quantitative estimate of drug-likeness (QED) is 0.760. The standard InChI is InChI=1S/C23H26N4O/c1-14-12-24-21-18(14)10-16(13-25-21)15-9-19-17(5-8-27(4)22(19)28)20(11-15)23(6-7-23)26(2)3/h9-13H,5-8H2,1-4H3,(H,24,25). The van der Waals surface area contributed by atoms with Gasteiger partial charge in [0.1, 0.15) is 5.65 Å². The Bertz CT molecular complexity index is 1110. The van der Waals surface area contributed by atoms with Crippen LogP contribution in [0.3, 0.4) is 0 Å². The maximum Gasteiger partial charge on any atom is 0.253 e. The predicted octanol–water partition coefficient (Wildman–Crippen LogP) is 3.72. The van der Waals surface area contributed by atoms with E-state index in [2.05, 4.69) is 54.1 Å². The Morgan fingerprint density at radius 3 is 2.68 bits per heavy atom. The van der Waals surface area contributed by atoms with E-state index in [1.54, 1.807) is 0 Å². The lowest BCUT2D eigenvalue weighted by Gasteiger charge is -2.32. The number of pyridine rings is 1. The number of carbonyl (C=O) groups excluding carboxylic acids is 1. The van der Waals surface area contributed by atoms with Crippen LogP contribution < -0.4 is 0 Å². The molecule has 1 saturated carbocycles. The van der Waals surface area contributed by atoms with E-state index in [9.17, 15) is 4.79 Å². The van der Waals surface area contributed by atoms with Crippen molar-refractivity contribution in [2.75, 3.05) is 27.7 Å². The number of carbonyl (C=O) groups is 1. The second-order valence-electron chi connectivity index (χ2n) is 8.54. The molecule has 0 spiro atoms. The highest BCUT2D eigenvalue weighted by atomic mass is 16.2. The minimum Gasteiger partial charge on any atom is -0.346 e. The van der Waals surface area contributed by atoms with Gasteiger partial charge in [-0.25, -0.2) is 4.98 Å². The average molecular weight is 374 g/mol. The summed E-state index contributed by atoms with van der Waals surface area (Å²) < 4.78 is 0. The molecule has 2 aromatic heterocycles. The van der Waals surface area contributed by atoms with Gasteiger partial charge in [-0.05, 0) is 80.7 Å². The second kappa shape index (κ2) is 5.92. The molecule has 0 saturated heterocycles. The van der Waals surface area contributed by atoms with Gasteiger partial charge < -0.3 is 9.88 Å². The molecule has 5 heteroatoms. The largest absolute Gasteiger partial charge is 0.346 e. The Kier molecular flexibility index (Phi) is 3.68. The van der Waals surface area contributed by atoms with E-state index in [0.717, 1.165) is 53.5 Å². The molecule has 3 heterocycles. The molecule has 0 bridgehead atoms. The molecule has 1 aromatic carbocycles. The number of hydrogen-bond acceptors (Lipinski definition) is 3. The fourth-order valence-corrected chi connectivity index (χ4v) is 4.67. The Balaban J connectivity index is 1.74. The van der Waals surface area contributed by atoms with Crippen molar-refractivity contribution in [2.24, 2.45) is 0 Å². The summed E-state index contributed by atoms with van der Waals surface area (Å²) in [5.41, 5.74) is 7.74. The van der Waals surface area contributed by atoms with Gasteiger partial charge in [0.25, 0.3) is 5.91 Å². The van der Waals surface area contributed by atoms with Crippen molar-refractivity contribution in [2.45, 2.75) is 31.7 Å². The Hall–Kier alpha value is -2.66. The lowest BCUT2D eigenvalue weighted by Crippen LogP contribution is -2.37. The van der Waals surface area contributed by atoms with Crippen molar-refractivity contribution in [1.29, 1.82) is 0 Å². The number of nitrogens with one attached hydrogen (secondary N) is 1. The summed E-state index contributed by atoms with van der Waals surface area (Å²) in [5.74, 6) is 0.130. The first kappa shape index (κ1) is 17.4. The van der Waals surface area contributed by atoms with E-state index in [1.165, 1.54) is 16.7 Å². The van der Waals surface area contributed by atoms with Crippen molar-refractivity contribution < 1.29 is 4.79 Å². The molecule has 0 radical (unpaired) electrons. The van der Waals surface area contributed by atoms with Gasteiger partial charge in [-0.3, -0.25) is 9.69 Å². The first-order chi connectivity index (χ1) is 13.4. The number of rotatable bonds is 3. The van der Waals surface area contributed by atoms with Crippen molar-refractivity contribution >= 4 is 16.9 Å². The number of fused-ring (bicyclic) bond motifs is 2. The number of hydrogen-bond donors (Lipinski definition) is 1. The van der Waals surface area contributed by atoms with E-state index in [0.29, 0.717) is 0 Å². The maximum atomic E-state index is 13.0. The van der Waals surface area contributed by atoms with E-state index in [1.807, 2.05) is 24.3 Å². The number of benzene rings is 1. The highest BCUT2D eigenvalue weighted by Crippen LogP contribution is 2.52. The summed E-state index contributed by atoms with van der Waals surface area (Å²) in [4.78, 5) is 25.0. The van der Waals surface area contributed by atoms with Crippen LogP contribution >= 0.6 is 0 Å². The number of aromatic amines is 1. The smallest absolute Gasteiger partial charge is 0.253 e. The van der Waals surface area contributed by atoms with E-state index in [-0.39, 0.29) is 11.4 Å². The number of amides is 1. The lowest BCUT2D eigenvalue weighted by molar-refractivity contribution is 0.0779. The topological polar surface area (TPSA) is 52.2 Å². The molecule has 1 fully saturated rings. The van der Waals surface area contributed by atoms with Gasteiger partial charge in [0.05, 0.1) is 0 Å². The molecule has 0 unspecified atom stereocenters. The monoisotopic (exact) mass is 374 g/mol. The molecule has 1 amide bonds. The first-order valence-corrected chi connectivity index (χ1v) is 9.95. The van der Waals surface area contributed by atoms with Crippen LogP contribution in [-0.4, -0.2) is 53.4 Å². The molecule has 5 rings (SSSR count). The van der Waals surface area contributed by atoms with Crippen molar-refractivity contribution in [1.82, 2.24) is 19.8 Å². The second-order valence-corrected chi connectivity index (χ2v) is 8.54. The zero-order chi connectivity index (χ0) is 19.6. The van der Waals surface area contributed by atoms with Gasteiger partial charge in [-0.15, -0.1) is 0 Å². The van der Waals surface area contributed by atoms with Crippen LogP contribution in [0.2, 0.25) is 0 Å². The predicted molar refractivity (Wildman–Crippen MR) is 112 cm³/mol. The molecular formula is C23H26N4O. The van der Waals surface area contributed by atoms with Gasteiger partial charge in [0.2, 0.25) is 0 Å². The molecule has 144 valence electrons. The van der Waals surface area contributed by atoms with Crippen molar-refractivity contribution in [3.05, 3.63) is 52.8 Å². The molecule has 1 aliphatic heterocycles. The fourth-order valence-electron chi connectivity index (χ4n) is 4.67. The summed E-state index contributed by atoms with van der Waals surface area (Å²) in [6.07, 6.45) is 7.12. The summed E-state index contributed by atoms with van der Waals surface area (Å²) in [7, 11) is 6.20. The van der Waals surface area contributed by atoms with Crippen LogP contribution in [0.4, 0.5) is 0 Å². The highest BCUT2D eigenvalue weighted by molar-refractivity contribution is 5.99. The summed E-state index contributed by atoms with van der Waals surface area (Å²) in [6, 6.07) is 6.58. The minimum absolute atomic E-state index is 0.0673. The Morgan fingerprint density at radius 2 is 1.96 bits per heavy atom. The fraction of sp³-hybridized carbons (Fsp3) is 0.391. The summed E-state index contributed by atoms with van der Waals surface area (Å²) in [6.45, 7) is 2.88. The van der Waals surface area contributed by atoms with Gasteiger partial charge in [-0.2, -0.15) is 0 Å². The van der Waals surface area contributed by atoms with Gasteiger partial charge in [0.15, 0.2) is 0 Å². The Morgan fingerprint density at radius 1 is 1.18 bits per heavy atom. The summed E-state index contributed by atoms with van der Waals surface area (Å²) >= 11 is 0. The van der Waals surface area contributed by atoms with E-state index >= 15 is 0 Å². The molecule has 0 atom stereocenters. The zero-order valence-electron chi connectivity index (χ0n) is 17.0. The van der Waals surface area contributed by atoms with E-state index < -0.39 is 0 Å². The third kappa shape index (κ3) is 2.42. The Labute approximate surface area is 165 Å². The van der Waals surface area contributed by atoms with E-state index in [4.69, 9.17) is 0 Å². The minimum atomic E-state index is 0.0673. The van der Waals surface area contributed by atoms with Gasteiger partial charge in [0, 0.05) is 48.0 Å². The molecule has 28 heavy (non-hydrogen) atoms. The van der Waals surface area contributed by atoms with Crippen LogP contribution in [0.5, 0.6) is 0 Å². The molecular weight excluding hydrogens is 348 g/mol. The normalized spacial score (nSPS) is 18.0. The van der Waals surface area contributed by atoms with Crippen LogP contribution in [-0.2, 0) is 12.0 Å². The number of nitrogens with zero attached hydrogens (tertiary/aromatic N) is 3. The van der Waals surface area contributed by atoms with Crippen LogP contribution in [0.1, 0.15) is 39.9 Å². The van der Waals surface area contributed by atoms with Crippen LogP contribution in [0.25, 0.3) is 22.2 Å². The van der Waals surface area contributed by atoms with Crippen molar-refractivity contribution in [3.63, 3.8) is 0 Å². The third-order valence-electron chi connectivity index (χ3n) is 6.68. The van der Waals surface area contributed by atoms with Crippen molar-refractivity contribution in [3.8, 4) is 11.1 Å². The SMILES string of the molecule is Cc1c[nH]c2ncc(-c3cc4c(c(C5(N(C)C)CC5)c3)CCN(C)C4=O)cc12. The summed E-state index contributed by atoms with van der Waals surface area (Å²) in [5, 5.41) is 1.13.